The van der Waals surface area contributed by atoms with Gasteiger partial charge in [0.2, 0.25) is 5.91 Å². The van der Waals surface area contributed by atoms with Crippen LogP contribution in [0.2, 0.25) is 0 Å². The molecule has 0 aliphatic carbocycles. The summed E-state index contributed by atoms with van der Waals surface area (Å²) in [4.78, 5) is 22.4. The molecule has 3 heterocycles. The molecule has 0 saturated carbocycles. The second-order valence-electron chi connectivity index (χ2n) is 6.53. The van der Waals surface area contributed by atoms with Gasteiger partial charge in [-0.2, -0.15) is 0 Å². The molecule has 0 radical (unpaired) electrons. The van der Waals surface area contributed by atoms with E-state index in [1.165, 1.54) is 0 Å². The Morgan fingerprint density at radius 2 is 2.00 bits per heavy atom. The van der Waals surface area contributed by atoms with Crippen LogP contribution >= 0.6 is 0 Å². The highest BCUT2D eigenvalue weighted by Gasteiger charge is 2.31. The van der Waals surface area contributed by atoms with Gasteiger partial charge in [-0.05, 0) is 26.7 Å². The van der Waals surface area contributed by atoms with Gasteiger partial charge in [-0.1, -0.05) is 0 Å². The largest absolute Gasteiger partial charge is 0.379 e. The Hall–Kier alpha value is -1.89. The zero-order valence-electron chi connectivity index (χ0n) is 13.8. The second-order valence-corrected chi connectivity index (χ2v) is 6.53. The molecule has 2 atom stereocenters. The molecule has 1 aromatic heterocycles. The number of rotatable bonds is 5. The molecule has 0 spiro atoms. The van der Waals surface area contributed by atoms with Gasteiger partial charge in [0, 0.05) is 31.7 Å². The summed E-state index contributed by atoms with van der Waals surface area (Å²) in [5, 5.41) is 6.74. The first-order chi connectivity index (χ1) is 11.1. The number of hydrogen-bond donors (Lipinski definition) is 2. The fraction of sp³-hybridized carbons (Fsp3) is 0.688. The van der Waals surface area contributed by atoms with Crippen molar-refractivity contribution >= 4 is 17.5 Å². The van der Waals surface area contributed by atoms with Gasteiger partial charge in [0.05, 0.1) is 18.7 Å². The molecule has 2 saturated heterocycles. The van der Waals surface area contributed by atoms with Crippen molar-refractivity contribution in [1.29, 1.82) is 0 Å². The summed E-state index contributed by atoms with van der Waals surface area (Å²) in [5.41, 5.74) is 0. The lowest BCUT2D eigenvalue weighted by atomic mass is 10.1. The molecular formula is C16H25N5O2. The first kappa shape index (κ1) is 16.0. The molecule has 3 rings (SSSR count). The average molecular weight is 319 g/mol. The Labute approximate surface area is 136 Å². The van der Waals surface area contributed by atoms with Crippen molar-refractivity contribution in [3.05, 3.63) is 12.4 Å². The molecule has 2 fully saturated rings. The molecule has 0 aromatic carbocycles. The molecule has 2 N–H and O–H groups in total. The number of nitrogens with one attached hydrogen (secondary N) is 2. The van der Waals surface area contributed by atoms with Gasteiger partial charge in [0.1, 0.15) is 18.0 Å². The predicted octanol–water partition coefficient (Wildman–Crippen LogP) is 1.49. The monoisotopic (exact) mass is 319 g/mol. The molecule has 126 valence electrons. The van der Waals surface area contributed by atoms with Crippen LogP contribution in [-0.2, 0) is 9.53 Å². The van der Waals surface area contributed by atoms with Gasteiger partial charge in [-0.3, -0.25) is 4.79 Å². The fourth-order valence-electron chi connectivity index (χ4n) is 3.12. The predicted molar refractivity (Wildman–Crippen MR) is 88.4 cm³/mol. The highest BCUT2D eigenvalue weighted by atomic mass is 16.5. The van der Waals surface area contributed by atoms with E-state index in [0.29, 0.717) is 19.1 Å². The molecule has 7 heteroatoms. The van der Waals surface area contributed by atoms with Crippen LogP contribution in [0.1, 0.15) is 33.1 Å². The fourth-order valence-corrected chi connectivity index (χ4v) is 3.12. The number of anilines is 2. The average Bonchev–Trinajstić information content (AvgIpc) is 2.89. The number of hydrogen-bond acceptors (Lipinski definition) is 6. The maximum atomic E-state index is 12.0. The lowest BCUT2D eigenvalue weighted by Gasteiger charge is -2.24. The zero-order chi connectivity index (χ0) is 16.2. The SMILES string of the molecule is CC(C)N1C[C@@H](Nc2cc(N[C@H]3CCCOC3)ncn2)CC1=O. The van der Waals surface area contributed by atoms with E-state index in [4.69, 9.17) is 4.74 Å². The summed E-state index contributed by atoms with van der Waals surface area (Å²) in [5.74, 6) is 1.75. The van der Waals surface area contributed by atoms with E-state index in [-0.39, 0.29) is 18.0 Å². The van der Waals surface area contributed by atoms with Crippen LogP contribution in [0.25, 0.3) is 0 Å². The molecule has 0 bridgehead atoms. The van der Waals surface area contributed by atoms with Gasteiger partial charge < -0.3 is 20.3 Å². The third-order valence-electron chi connectivity index (χ3n) is 4.31. The van der Waals surface area contributed by atoms with E-state index in [1.807, 2.05) is 24.8 Å². The first-order valence-corrected chi connectivity index (χ1v) is 8.34. The number of likely N-dealkylation sites (tertiary alicyclic amines) is 1. The minimum absolute atomic E-state index is 0.102. The molecular weight excluding hydrogens is 294 g/mol. The lowest BCUT2D eigenvalue weighted by molar-refractivity contribution is -0.129. The maximum Gasteiger partial charge on any atom is 0.225 e. The van der Waals surface area contributed by atoms with E-state index < -0.39 is 0 Å². The number of amides is 1. The quantitative estimate of drug-likeness (QED) is 0.856. The number of carbonyl (C=O) groups is 1. The third kappa shape index (κ3) is 4.10. The summed E-state index contributed by atoms with van der Waals surface area (Å²) in [6.07, 6.45) is 4.23. The maximum absolute atomic E-state index is 12.0. The van der Waals surface area contributed by atoms with Gasteiger partial charge in [0.25, 0.3) is 0 Å². The van der Waals surface area contributed by atoms with E-state index >= 15 is 0 Å². The smallest absolute Gasteiger partial charge is 0.225 e. The molecule has 23 heavy (non-hydrogen) atoms. The summed E-state index contributed by atoms with van der Waals surface area (Å²) in [6.45, 7) is 6.36. The van der Waals surface area contributed by atoms with E-state index in [2.05, 4.69) is 20.6 Å². The standard InChI is InChI=1S/C16H25N5O2/c1-11(2)21-8-13(6-16(21)22)20-15-7-14(17-10-18-15)19-12-4-3-5-23-9-12/h7,10-13H,3-6,8-9H2,1-2H3,(H2,17,18,19,20)/t12-,13-/m0/s1. The molecule has 1 aromatic rings. The van der Waals surface area contributed by atoms with Gasteiger partial charge in [-0.15, -0.1) is 0 Å². The van der Waals surface area contributed by atoms with Crippen LogP contribution in [0.15, 0.2) is 12.4 Å². The van der Waals surface area contributed by atoms with E-state index in [9.17, 15) is 4.79 Å². The summed E-state index contributed by atoms with van der Waals surface area (Å²) in [7, 11) is 0. The number of aromatic nitrogens is 2. The van der Waals surface area contributed by atoms with Crippen molar-refractivity contribution in [1.82, 2.24) is 14.9 Å². The van der Waals surface area contributed by atoms with Crippen molar-refractivity contribution in [2.24, 2.45) is 0 Å². The van der Waals surface area contributed by atoms with Crippen LogP contribution in [-0.4, -0.2) is 58.7 Å². The molecule has 2 aliphatic rings. The molecule has 0 unspecified atom stereocenters. The van der Waals surface area contributed by atoms with Crippen molar-refractivity contribution in [3.63, 3.8) is 0 Å². The van der Waals surface area contributed by atoms with Crippen LogP contribution in [0.4, 0.5) is 11.6 Å². The van der Waals surface area contributed by atoms with Crippen LogP contribution < -0.4 is 10.6 Å². The highest BCUT2D eigenvalue weighted by molar-refractivity contribution is 5.80. The van der Waals surface area contributed by atoms with Gasteiger partial charge in [-0.25, -0.2) is 9.97 Å². The molecule has 7 nitrogen and oxygen atoms in total. The van der Waals surface area contributed by atoms with Crippen molar-refractivity contribution in [2.75, 3.05) is 30.4 Å². The number of nitrogens with zero attached hydrogens (tertiary/aromatic N) is 3. The molecule has 1 amide bonds. The first-order valence-electron chi connectivity index (χ1n) is 8.34. The minimum atomic E-state index is 0.102. The Bertz CT molecular complexity index is 545. The summed E-state index contributed by atoms with van der Waals surface area (Å²) in [6, 6.07) is 2.54. The van der Waals surface area contributed by atoms with Crippen molar-refractivity contribution in [2.45, 2.75) is 51.2 Å². The lowest BCUT2D eigenvalue weighted by Crippen LogP contribution is -2.33. The third-order valence-corrected chi connectivity index (χ3v) is 4.31. The van der Waals surface area contributed by atoms with Crippen molar-refractivity contribution in [3.8, 4) is 0 Å². The number of carbonyl (C=O) groups excluding carboxylic acids is 1. The Kier molecular flexibility index (Phi) is 4.95. The Balaban J connectivity index is 1.58. The van der Waals surface area contributed by atoms with Crippen LogP contribution in [0.5, 0.6) is 0 Å². The second kappa shape index (κ2) is 7.12. The van der Waals surface area contributed by atoms with E-state index in [0.717, 1.165) is 37.6 Å². The Morgan fingerprint density at radius 1 is 1.26 bits per heavy atom. The van der Waals surface area contributed by atoms with E-state index in [1.54, 1.807) is 6.33 Å². The van der Waals surface area contributed by atoms with Gasteiger partial charge in [0.15, 0.2) is 0 Å². The van der Waals surface area contributed by atoms with Crippen molar-refractivity contribution < 1.29 is 9.53 Å². The van der Waals surface area contributed by atoms with Crippen LogP contribution in [0.3, 0.4) is 0 Å². The van der Waals surface area contributed by atoms with Gasteiger partial charge >= 0.3 is 0 Å². The zero-order valence-corrected chi connectivity index (χ0v) is 13.8. The number of ether oxygens (including phenoxy) is 1. The minimum Gasteiger partial charge on any atom is -0.379 e. The van der Waals surface area contributed by atoms with Crippen LogP contribution in [0, 0.1) is 0 Å². The molecule has 2 aliphatic heterocycles. The normalized spacial score (nSPS) is 25.0. The highest BCUT2D eigenvalue weighted by Crippen LogP contribution is 2.19. The summed E-state index contributed by atoms with van der Waals surface area (Å²) < 4.78 is 5.47. The summed E-state index contributed by atoms with van der Waals surface area (Å²) >= 11 is 0. The topological polar surface area (TPSA) is 79.4 Å². The Morgan fingerprint density at radius 3 is 2.61 bits per heavy atom.